The number of fused-ring (bicyclic) bond motifs is 3. The van der Waals surface area contributed by atoms with Gasteiger partial charge < -0.3 is 18.2 Å². The molecule has 54 heavy (non-hydrogen) atoms. The average molecular weight is 761 g/mol. The van der Waals surface area contributed by atoms with Crippen molar-refractivity contribution >= 4 is 36.1 Å². The van der Waals surface area contributed by atoms with Crippen molar-refractivity contribution in [2.24, 2.45) is 0 Å². The van der Waals surface area contributed by atoms with Crippen LogP contribution in [0.4, 0.5) is 0 Å². The topological polar surface area (TPSA) is 82.0 Å². The van der Waals surface area contributed by atoms with E-state index in [0.29, 0.717) is 12.2 Å². The fourth-order valence-corrected chi connectivity index (χ4v) is 7.68. The average Bonchev–Trinajstić information content (AvgIpc) is 3.15. The van der Waals surface area contributed by atoms with E-state index >= 15 is 0 Å². The molecule has 3 aromatic carbocycles. The molecule has 0 radical (unpaired) electrons. The summed E-state index contributed by atoms with van der Waals surface area (Å²) in [5, 5.41) is 13.1. The molecule has 4 rings (SSSR count). The number of carbonyl (C=O) groups is 1. The first-order valence-electron chi connectivity index (χ1n) is 19.6. The molecule has 298 valence electrons. The van der Waals surface area contributed by atoms with Crippen molar-refractivity contribution in [3.63, 3.8) is 0 Å². The first kappa shape index (κ1) is 43.5. The standard InChI is InChI=1S/C47H69O6P/c1-42(2,3)30-25-32-33-26-31(43(4,5)6)28-37(47(16,17)18)41(33)53-54(52-40(32)36(27-30)46(13,14)15)51-22-21-50-38(48)20-19-29-23-34(44(7,8)9)39(49)35(24-29)45(10,11)12/h23-28,49H,19-22H2,1-18H3. The van der Waals surface area contributed by atoms with Gasteiger partial charge in [-0.25, -0.2) is 0 Å². The minimum atomic E-state index is -1.90. The number of aromatic hydroxyl groups is 1. The van der Waals surface area contributed by atoms with Crippen LogP contribution in [0.2, 0.25) is 0 Å². The maximum absolute atomic E-state index is 13.0. The van der Waals surface area contributed by atoms with Gasteiger partial charge in [-0.3, -0.25) is 9.32 Å². The molecule has 1 N–H and O–H groups in total. The summed E-state index contributed by atoms with van der Waals surface area (Å²) in [6.45, 7) is 39.5. The fourth-order valence-electron chi connectivity index (χ4n) is 6.62. The Morgan fingerprint density at radius 3 is 1.30 bits per heavy atom. The molecule has 0 aliphatic heterocycles. The summed E-state index contributed by atoms with van der Waals surface area (Å²) in [4.78, 5) is 13.0. The quantitative estimate of drug-likeness (QED) is 0.149. The molecule has 1 heterocycles. The number of benzene rings is 3. The number of phenolic OH excluding ortho intramolecular Hbond substituents is 1. The van der Waals surface area contributed by atoms with Gasteiger partial charge in [-0.05, 0) is 78.9 Å². The lowest BCUT2D eigenvalue weighted by atomic mass is 9.77. The number of esters is 1. The third kappa shape index (κ3) is 10.1. The zero-order chi connectivity index (χ0) is 41.0. The van der Waals surface area contributed by atoms with E-state index in [1.165, 1.54) is 11.1 Å². The van der Waals surface area contributed by atoms with Gasteiger partial charge in [-0.1, -0.05) is 149 Å². The Bertz CT molecular complexity index is 1910. The lowest BCUT2D eigenvalue weighted by molar-refractivity contribution is -0.144. The van der Waals surface area contributed by atoms with Crippen LogP contribution in [-0.2, 0) is 48.4 Å². The van der Waals surface area contributed by atoms with Crippen molar-refractivity contribution in [1.82, 2.24) is 0 Å². The van der Waals surface area contributed by atoms with Crippen LogP contribution in [0, 0.1) is 0 Å². The molecular weight excluding hydrogens is 691 g/mol. The largest absolute Gasteiger partial charge is 0.507 e. The Hall–Kier alpha value is -3.21. The Labute approximate surface area is 327 Å². The summed E-state index contributed by atoms with van der Waals surface area (Å²) in [6, 6.07) is 13.1. The highest BCUT2D eigenvalue weighted by atomic mass is 31.1. The lowest BCUT2D eigenvalue weighted by Gasteiger charge is -2.28. The van der Waals surface area contributed by atoms with Crippen molar-refractivity contribution in [2.45, 2.75) is 170 Å². The second kappa shape index (κ2) is 15.0. The van der Waals surface area contributed by atoms with E-state index in [2.05, 4.69) is 149 Å². The van der Waals surface area contributed by atoms with E-state index in [1.54, 1.807) is 0 Å². The number of carbonyl (C=O) groups excluding carboxylic acids is 1. The molecule has 0 saturated heterocycles. The van der Waals surface area contributed by atoms with E-state index in [9.17, 15) is 9.90 Å². The summed E-state index contributed by atoms with van der Waals surface area (Å²) < 4.78 is 25.7. The van der Waals surface area contributed by atoms with Crippen molar-refractivity contribution in [2.75, 3.05) is 13.2 Å². The second-order valence-electron chi connectivity index (χ2n) is 21.3. The van der Waals surface area contributed by atoms with Gasteiger partial charge in [-0.15, -0.1) is 0 Å². The molecule has 0 atom stereocenters. The van der Waals surface area contributed by atoms with Gasteiger partial charge >= 0.3 is 14.2 Å². The van der Waals surface area contributed by atoms with Crippen molar-refractivity contribution in [3.8, 4) is 5.75 Å². The van der Waals surface area contributed by atoms with Gasteiger partial charge in [0.05, 0.1) is 6.61 Å². The Kier molecular flexibility index (Phi) is 12.1. The Morgan fingerprint density at radius 1 is 0.556 bits per heavy atom. The number of hydrogen-bond acceptors (Lipinski definition) is 6. The number of phenols is 1. The van der Waals surface area contributed by atoms with Crippen LogP contribution in [0.15, 0.2) is 44.8 Å². The van der Waals surface area contributed by atoms with Gasteiger partial charge in [-0.2, -0.15) is 0 Å². The molecule has 0 aliphatic carbocycles. The predicted molar refractivity (Wildman–Crippen MR) is 227 cm³/mol. The van der Waals surface area contributed by atoms with Gasteiger partial charge in [0, 0.05) is 28.3 Å². The van der Waals surface area contributed by atoms with Gasteiger partial charge in [0.15, 0.2) is 0 Å². The van der Waals surface area contributed by atoms with Crippen LogP contribution < -0.4 is 4.52 Å². The first-order chi connectivity index (χ1) is 24.4. The van der Waals surface area contributed by atoms with E-state index in [1.807, 2.05) is 12.1 Å². The van der Waals surface area contributed by atoms with E-state index < -0.39 is 8.24 Å². The van der Waals surface area contributed by atoms with Gasteiger partial charge in [0.2, 0.25) is 0 Å². The monoisotopic (exact) mass is 760 g/mol. The number of rotatable bonds is 7. The summed E-state index contributed by atoms with van der Waals surface area (Å²) >= 11 is 0. The summed E-state index contributed by atoms with van der Waals surface area (Å²) in [7, 11) is -1.90. The number of aryl methyl sites for hydroxylation is 1. The first-order valence-corrected chi connectivity index (χ1v) is 20.7. The molecule has 0 aliphatic rings. The Balaban J connectivity index is 1.72. The number of hydrogen-bond donors (Lipinski definition) is 1. The summed E-state index contributed by atoms with van der Waals surface area (Å²) in [5.41, 5.74) is 7.88. The minimum absolute atomic E-state index is 0.0738. The molecule has 0 saturated carbocycles. The van der Waals surface area contributed by atoms with Crippen LogP contribution in [0.5, 0.6) is 5.75 Å². The zero-order valence-electron chi connectivity index (χ0n) is 36.7. The maximum Gasteiger partial charge on any atom is 0.387 e. The zero-order valence-corrected chi connectivity index (χ0v) is 37.6. The van der Waals surface area contributed by atoms with E-state index in [4.69, 9.17) is 17.7 Å². The van der Waals surface area contributed by atoms with Gasteiger partial charge in [0.25, 0.3) is 0 Å². The molecule has 0 unspecified atom stereocenters. The Morgan fingerprint density at radius 2 is 0.944 bits per heavy atom. The highest BCUT2D eigenvalue weighted by Gasteiger charge is 2.30. The van der Waals surface area contributed by atoms with Crippen LogP contribution in [0.25, 0.3) is 21.9 Å². The lowest BCUT2D eigenvalue weighted by Crippen LogP contribution is -2.18. The third-order valence-electron chi connectivity index (χ3n) is 10.1. The van der Waals surface area contributed by atoms with Crippen molar-refractivity contribution in [3.05, 3.63) is 75.3 Å². The van der Waals surface area contributed by atoms with Crippen LogP contribution in [-0.4, -0.2) is 24.3 Å². The highest BCUT2D eigenvalue weighted by Crippen LogP contribution is 2.45. The van der Waals surface area contributed by atoms with E-state index in [-0.39, 0.29) is 58.1 Å². The fraction of sp³-hybridized carbons (Fsp3) is 0.596. The number of ether oxygens (including phenoxy) is 1. The molecule has 6 nitrogen and oxygen atoms in total. The highest BCUT2D eigenvalue weighted by molar-refractivity contribution is 7.31. The third-order valence-corrected chi connectivity index (χ3v) is 11.2. The molecule has 0 spiro atoms. The predicted octanol–water partition coefficient (Wildman–Crippen LogP) is 13.4. The molecule has 4 aromatic rings. The smallest absolute Gasteiger partial charge is 0.387 e. The van der Waals surface area contributed by atoms with Gasteiger partial charge in [0.1, 0.15) is 23.5 Å². The molecule has 1 aromatic heterocycles. The molecule has 7 heteroatoms. The van der Waals surface area contributed by atoms with Crippen molar-refractivity contribution < 1.29 is 27.6 Å². The van der Waals surface area contributed by atoms with Crippen molar-refractivity contribution in [1.29, 1.82) is 0 Å². The minimum Gasteiger partial charge on any atom is -0.507 e. The summed E-state index contributed by atoms with van der Waals surface area (Å²) in [6.07, 6.45) is 0.730. The van der Waals surface area contributed by atoms with Crippen LogP contribution in [0.3, 0.4) is 0 Å². The molecule has 0 fully saturated rings. The SMILES string of the molecule is CC(C)(C)c1cc(C(C)(C)C)c2op(OCCOC(=O)CCc3cc(C(C)(C)C)c(O)c(C(C)(C)C)c3)oc3c(C(C)(C)C)cc(C(C)(C)C)cc3c2c1. The molecule has 0 amide bonds. The maximum atomic E-state index is 13.0. The molecule has 0 bridgehead atoms. The molecular formula is C47H69O6P. The van der Waals surface area contributed by atoms with Crippen LogP contribution in [0.1, 0.15) is 170 Å². The summed E-state index contributed by atoms with van der Waals surface area (Å²) in [5.74, 6) is 0.0315. The second-order valence-corrected chi connectivity index (χ2v) is 22.4. The van der Waals surface area contributed by atoms with Crippen LogP contribution >= 0.6 is 8.24 Å². The normalized spacial score (nSPS) is 13.5. The van der Waals surface area contributed by atoms with E-state index in [0.717, 1.165) is 49.8 Å².